The van der Waals surface area contributed by atoms with Gasteiger partial charge in [0.25, 0.3) is 0 Å². The lowest BCUT2D eigenvalue weighted by Gasteiger charge is -2.31. The third-order valence-electron chi connectivity index (χ3n) is 3.19. The van der Waals surface area contributed by atoms with E-state index in [1.54, 1.807) is 7.05 Å². The van der Waals surface area contributed by atoms with Crippen LogP contribution in [-0.2, 0) is 20.8 Å². The van der Waals surface area contributed by atoms with Crippen molar-refractivity contribution in [3.05, 3.63) is 29.8 Å². The third kappa shape index (κ3) is 2.91. The van der Waals surface area contributed by atoms with Crippen molar-refractivity contribution in [3.8, 4) is 0 Å². The number of nitrogens with zero attached hydrogens (tertiary/aromatic N) is 2. The molecule has 2 N–H and O–H groups in total. The number of hydrogen-bond donors (Lipinski definition) is 1. The molecule has 102 valence electrons. The average Bonchev–Trinajstić information content (AvgIpc) is 2.44. The lowest BCUT2D eigenvalue weighted by atomic mass is 10.1. The Morgan fingerprint density at radius 1 is 1.16 bits per heavy atom. The highest BCUT2D eigenvalue weighted by Crippen LogP contribution is 2.18. The summed E-state index contributed by atoms with van der Waals surface area (Å²) in [6.45, 7) is 1.52. The summed E-state index contributed by atoms with van der Waals surface area (Å²) in [4.78, 5) is 31.0. The van der Waals surface area contributed by atoms with Gasteiger partial charge in [0.2, 0.25) is 0 Å². The smallest absolute Gasteiger partial charge is 0.316 e. The van der Waals surface area contributed by atoms with Crippen molar-refractivity contribution >= 4 is 17.5 Å². The topological polar surface area (TPSA) is 75.9 Å². The Morgan fingerprint density at radius 3 is 2.47 bits per heavy atom. The number of carbonyl (C=O) groups is 2. The number of rotatable bonds is 4. The molecule has 0 radical (unpaired) electrons. The van der Waals surface area contributed by atoms with E-state index in [9.17, 15) is 9.59 Å². The summed E-state index contributed by atoms with van der Waals surface area (Å²) in [5.41, 5.74) is 1.81. The van der Waals surface area contributed by atoms with Gasteiger partial charge in [0, 0.05) is 25.8 Å². The Kier molecular flexibility index (Phi) is 4.13. The van der Waals surface area contributed by atoms with E-state index in [2.05, 4.69) is 4.84 Å². The number of carbonyl (C=O) groups excluding carboxylic acids is 2. The second-order valence-corrected chi connectivity index (χ2v) is 4.47. The van der Waals surface area contributed by atoms with Crippen molar-refractivity contribution in [2.24, 2.45) is 5.90 Å². The van der Waals surface area contributed by atoms with Crippen molar-refractivity contribution in [3.63, 3.8) is 0 Å². The highest BCUT2D eigenvalue weighted by atomic mass is 16.6. The van der Waals surface area contributed by atoms with Crippen LogP contribution < -0.4 is 10.8 Å². The summed E-state index contributed by atoms with van der Waals surface area (Å²) in [5.74, 6) is 4.03. The standard InChI is InChI=1S/C13H17N3O3/c1-15-7-8-16(13(18)12(15)17)11-4-2-10(3-5-11)6-9-19-14/h2-5H,6-9,14H2,1H3. The first-order valence-corrected chi connectivity index (χ1v) is 6.11. The van der Waals surface area contributed by atoms with Crippen molar-refractivity contribution in [2.45, 2.75) is 6.42 Å². The maximum Gasteiger partial charge on any atom is 0.316 e. The number of anilines is 1. The molecule has 0 aliphatic carbocycles. The summed E-state index contributed by atoms with van der Waals surface area (Å²) >= 11 is 0. The second kappa shape index (κ2) is 5.81. The van der Waals surface area contributed by atoms with Crippen LogP contribution in [-0.4, -0.2) is 43.5 Å². The van der Waals surface area contributed by atoms with Gasteiger partial charge in [0.05, 0.1) is 6.61 Å². The summed E-state index contributed by atoms with van der Waals surface area (Å²) in [5, 5.41) is 0. The van der Waals surface area contributed by atoms with Gasteiger partial charge in [-0.1, -0.05) is 12.1 Å². The van der Waals surface area contributed by atoms with Gasteiger partial charge in [-0.25, -0.2) is 5.90 Å². The van der Waals surface area contributed by atoms with Gasteiger partial charge in [0.1, 0.15) is 0 Å². The highest BCUT2D eigenvalue weighted by molar-refractivity contribution is 6.40. The fraction of sp³-hybridized carbons (Fsp3) is 0.385. The van der Waals surface area contributed by atoms with Crippen molar-refractivity contribution in [2.75, 3.05) is 31.6 Å². The molecule has 0 aromatic heterocycles. The predicted octanol–water partition coefficient (Wildman–Crippen LogP) is -0.0756. The lowest BCUT2D eigenvalue weighted by Crippen LogP contribution is -2.53. The van der Waals surface area contributed by atoms with Gasteiger partial charge in [0.15, 0.2) is 0 Å². The Morgan fingerprint density at radius 2 is 1.84 bits per heavy atom. The first kappa shape index (κ1) is 13.5. The maximum atomic E-state index is 11.9. The molecule has 0 saturated carbocycles. The number of piperazine rings is 1. The average molecular weight is 263 g/mol. The number of nitrogens with two attached hydrogens (primary N) is 1. The van der Waals surface area contributed by atoms with Crippen LogP contribution in [0.4, 0.5) is 5.69 Å². The molecule has 1 aliphatic heterocycles. The van der Waals surface area contributed by atoms with Crippen LogP contribution in [0.2, 0.25) is 0 Å². The van der Waals surface area contributed by atoms with Gasteiger partial charge < -0.3 is 14.6 Å². The van der Waals surface area contributed by atoms with Crippen LogP contribution in [0.3, 0.4) is 0 Å². The van der Waals surface area contributed by atoms with Crippen molar-refractivity contribution < 1.29 is 14.4 Å². The fourth-order valence-electron chi connectivity index (χ4n) is 2.00. The Hall–Kier alpha value is -1.92. The molecule has 2 rings (SSSR count). The molecule has 1 heterocycles. The maximum absolute atomic E-state index is 11.9. The van der Waals surface area contributed by atoms with E-state index in [0.717, 1.165) is 11.3 Å². The number of likely N-dealkylation sites (N-methyl/N-ethyl adjacent to an activating group) is 1. The molecule has 1 fully saturated rings. The molecule has 1 aromatic carbocycles. The Balaban J connectivity index is 2.09. The molecule has 0 spiro atoms. The van der Waals surface area contributed by atoms with Crippen molar-refractivity contribution in [1.29, 1.82) is 0 Å². The third-order valence-corrected chi connectivity index (χ3v) is 3.19. The predicted molar refractivity (Wildman–Crippen MR) is 70.3 cm³/mol. The van der Waals surface area contributed by atoms with Gasteiger partial charge in [-0.3, -0.25) is 9.59 Å². The van der Waals surface area contributed by atoms with E-state index < -0.39 is 11.8 Å². The minimum atomic E-state index is -0.480. The minimum absolute atomic E-state index is 0.450. The van der Waals surface area contributed by atoms with E-state index in [4.69, 9.17) is 5.90 Å². The minimum Gasteiger partial charge on any atom is -0.336 e. The molecule has 6 heteroatoms. The molecular formula is C13H17N3O3. The lowest BCUT2D eigenvalue weighted by molar-refractivity contribution is -0.145. The molecule has 0 atom stereocenters. The van der Waals surface area contributed by atoms with Crippen LogP contribution in [0.5, 0.6) is 0 Å². The molecule has 2 amide bonds. The Labute approximate surface area is 111 Å². The zero-order chi connectivity index (χ0) is 13.8. The zero-order valence-corrected chi connectivity index (χ0v) is 10.8. The van der Waals surface area contributed by atoms with Crippen LogP contribution in [0.15, 0.2) is 24.3 Å². The van der Waals surface area contributed by atoms with E-state index in [1.165, 1.54) is 9.80 Å². The first-order chi connectivity index (χ1) is 9.13. The first-order valence-electron chi connectivity index (χ1n) is 6.11. The largest absolute Gasteiger partial charge is 0.336 e. The molecule has 19 heavy (non-hydrogen) atoms. The van der Waals surface area contributed by atoms with Crippen molar-refractivity contribution in [1.82, 2.24) is 4.90 Å². The summed E-state index contributed by atoms with van der Waals surface area (Å²) in [6, 6.07) is 7.49. The molecule has 1 aromatic rings. The normalized spacial score (nSPS) is 16.1. The van der Waals surface area contributed by atoms with Gasteiger partial charge in [-0.15, -0.1) is 0 Å². The number of amides is 2. The quantitative estimate of drug-likeness (QED) is 0.609. The molecule has 0 unspecified atom stereocenters. The summed E-state index contributed by atoms with van der Waals surface area (Å²) in [6.07, 6.45) is 0.715. The fourth-order valence-corrected chi connectivity index (χ4v) is 2.00. The van der Waals surface area contributed by atoms with E-state index in [0.29, 0.717) is 26.1 Å². The summed E-state index contributed by atoms with van der Waals surface area (Å²) in [7, 11) is 1.63. The van der Waals surface area contributed by atoms with E-state index >= 15 is 0 Å². The van der Waals surface area contributed by atoms with E-state index in [-0.39, 0.29) is 0 Å². The molecule has 0 bridgehead atoms. The molecule has 1 saturated heterocycles. The van der Waals surface area contributed by atoms with Gasteiger partial charge in [-0.2, -0.15) is 0 Å². The number of hydrogen-bond acceptors (Lipinski definition) is 4. The monoisotopic (exact) mass is 263 g/mol. The zero-order valence-electron chi connectivity index (χ0n) is 10.8. The van der Waals surface area contributed by atoms with Crippen LogP contribution >= 0.6 is 0 Å². The second-order valence-electron chi connectivity index (χ2n) is 4.47. The van der Waals surface area contributed by atoms with Gasteiger partial charge in [-0.05, 0) is 24.1 Å². The van der Waals surface area contributed by atoms with E-state index in [1.807, 2.05) is 24.3 Å². The van der Waals surface area contributed by atoms with Crippen LogP contribution in [0, 0.1) is 0 Å². The Bertz CT molecular complexity index is 473. The highest BCUT2D eigenvalue weighted by Gasteiger charge is 2.30. The summed E-state index contributed by atoms with van der Waals surface area (Å²) < 4.78 is 0. The molecular weight excluding hydrogens is 246 g/mol. The van der Waals surface area contributed by atoms with Crippen LogP contribution in [0.25, 0.3) is 0 Å². The SMILES string of the molecule is CN1CCN(c2ccc(CCON)cc2)C(=O)C1=O. The number of benzene rings is 1. The van der Waals surface area contributed by atoms with Gasteiger partial charge >= 0.3 is 11.8 Å². The molecule has 1 aliphatic rings. The van der Waals surface area contributed by atoms with Crippen LogP contribution in [0.1, 0.15) is 5.56 Å². The molecule has 6 nitrogen and oxygen atoms in total.